The number of carbonyl (C=O) groups is 2. The van der Waals surface area contributed by atoms with E-state index in [4.69, 9.17) is 5.73 Å². The van der Waals surface area contributed by atoms with Gasteiger partial charge >= 0.3 is 0 Å². The largest absolute Gasteiger partial charge is 0.370 e. The Balaban J connectivity index is 1.61. The SMILES string of the molecule is NC(=O)CCC(=O)NC12CC3CC(CC(C3)C1)C2. The van der Waals surface area contributed by atoms with E-state index in [1.165, 1.54) is 19.3 Å². The van der Waals surface area contributed by atoms with E-state index in [1.54, 1.807) is 0 Å². The highest BCUT2D eigenvalue weighted by Crippen LogP contribution is 2.55. The molecular weight excluding hydrogens is 228 g/mol. The molecule has 4 aliphatic rings. The molecule has 4 fully saturated rings. The second-order valence-electron chi connectivity index (χ2n) is 6.71. The van der Waals surface area contributed by atoms with Gasteiger partial charge in [-0.1, -0.05) is 0 Å². The molecule has 0 radical (unpaired) electrons. The normalized spacial score (nSPS) is 40.8. The van der Waals surface area contributed by atoms with E-state index >= 15 is 0 Å². The van der Waals surface area contributed by atoms with Gasteiger partial charge in [0.1, 0.15) is 0 Å². The van der Waals surface area contributed by atoms with E-state index < -0.39 is 5.91 Å². The fraction of sp³-hybridized carbons (Fsp3) is 0.857. The van der Waals surface area contributed by atoms with Gasteiger partial charge in [-0.3, -0.25) is 9.59 Å². The van der Waals surface area contributed by atoms with E-state index in [-0.39, 0.29) is 24.3 Å². The van der Waals surface area contributed by atoms with Crippen LogP contribution >= 0.6 is 0 Å². The van der Waals surface area contributed by atoms with Crippen molar-refractivity contribution in [2.24, 2.45) is 23.5 Å². The fourth-order valence-electron chi connectivity index (χ4n) is 4.86. The van der Waals surface area contributed by atoms with Gasteiger partial charge in [-0.05, 0) is 56.3 Å². The first-order valence-corrected chi connectivity index (χ1v) is 7.14. The highest BCUT2D eigenvalue weighted by atomic mass is 16.2. The number of hydrogen-bond donors (Lipinski definition) is 2. The Labute approximate surface area is 108 Å². The smallest absolute Gasteiger partial charge is 0.220 e. The Morgan fingerprint density at radius 3 is 1.94 bits per heavy atom. The van der Waals surface area contributed by atoms with Crippen molar-refractivity contribution in [1.82, 2.24) is 5.32 Å². The van der Waals surface area contributed by atoms with Crippen LogP contribution in [0.2, 0.25) is 0 Å². The number of rotatable bonds is 4. The summed E-state index contributed by atoms with van der Waals surface area (Å²) in [5.41, 5.74) is 5.14. The minimum atomic E-state index is -0.393. The van der Waals surface area contributed by atoms with E-state index in [1.807, 2.05) is 0 Å². The molecule has 0 aromatic carbocycles. The molecule has 4 saturated carbocycles. The number of amides is 2. The Hall–Kier alpha value is -1.06. The second-order valence-corrected chi connectivity index (χ2v) is 6.71. The molecular formula is C14H22N2O2. The zero-order valence-corrected chi connectivity index (χ0v) is 10.8. The molecule has 0 saturated heterocycles. The van der Waals surface area contributed by atoms with Gasteiger partial charge in [0.2, 0.25) is 11.8 Å². The zero-order valence-electron chi connectivity index (χ0n) is 10.8. The van der Waals surface area contributed by atoms with Gasteiger partial charge < -0.3 is 11.1 Å². The number of primary amides is 1. The summed E-state index contributed by atoms with van der Waals surface area (Å²) in [4.78, 5) is 22.6. The Morgan fingerprint density at radius 2 is 1.50 bits per heavy atom. The Kier molecular flexibility index (Phi) is 2.83. The molecule has 4 aliphatic carbocycles. The minimum Gasteiger partial charge on any atom is -0.370 e. The quantitative estimate of drug-likeness (QED) is 0.790. The van der Waals surface area contributed by atoms with Gasteiger partial charge in [-0.15, -0.1) is 0 Å². The van der Waals surface area contributed by atoms with E-state index in [2.05, 4.69) is 5.32 Å². The summed E-state index contributed by atoms with van der Waals surface area (Å²) in [7, 11) is 0. The van der Waals surface area contributed by atoms with Gasteiger partial charge in [0, 0.05) is 18.4 Å². The van der Waals surface area contributed by atoms with Crippen molar-refractivity contribution in [2.45, 2.75) is 56.9 Å². The van der Waals surface area contributed by atoms with Crippen LogP contribution in [0.4, 0.5) is 0 Å². The molecule has 0 atom stereocenters. The summed E-state index contributed by atoms with van der Waals surface area (Å²) in [6.07, 6.45) is 7.99. The molecule has 3 N–H and O–H groups in total. The standard InChI is InChI=1S/C14H22N2O2/c15-12(17)1-2-13(18)16-14-6-9-3-10(7-14)5-11(4-9)8-14/h9-11H,1-8H2,(H2,15,17)(H,16,18). The van der Waals surface area contributed by atoms with Crippen LogP contribution in [0, 0.1) is 17.8 Å². The average molecular weight is 250 g/mol. The number of nitrogens with one attached hydrogen (secondary N) is 1. The summed E-state index contributed by atoms with van der Waals surface area (Å²) in [5.74, 6) is 2.10. The molecule has 0 spiro atoms. The maximum Gasteiger partial charge on any atom is 0.220 e. The van der Waals surface area contributed by atoms with Crippen LogP contribution in [0.3, 0.4) is 0 Å². The first kappa shape index (κ1) is 12.0. The van der Waals surface area contributed by atoms with Crippen molar-refractivity contribution < 1.29 is 9.59 Å². The molecule has 4 nitrogen and oxygen atoms in total. The maximum absolute atomic E-state index is 11.9. The van der Waals surface area contributed by atoms with Gasteiger partial charge in [-0.2, -0.15) is 0 Å². The van der Waals surface area contributed by atoms with Crippen LogP contribution < -0.4 is 11.1 Å². The van der Waals surface area contributed by atoms with Gasteiger partial charge in [-0.25, -0.2) is 0 Å². The number of carbonyl (C=O) groups excluding carboxylic acids is 2. The Morgan fingerprint density at radius 1 is 1.00 bits per heavy atom. The number of nitrogens with two attached hydrogens (primary N) is 1. The van der Waals surface area contributed by atoms with Crippen molar-refractivity contribution in [3.8, 4) is 0 Å². The molecule has 100 valence electrons. The molecule has 18 heavy (non-hydrogen) atoms. The molecule has 0 aromatic rings. The first-order chi connectivity index (χ1) is 8.55. The minimum absolute atomic E-state index is 0.00995. The molecule has 4 rings (SSSR count). The van der Waals surface area contributed by atoms with Crippen molar-refractivity contribution >= 4 is 11.8 Å². The lowest BCUT2D eigenvalue weighted by molar-refractivity contribution is -0.129. The average Bonchev–Trinajstić information content (AvgIpc) is 2.23. The highest BCUT2D eigenvalue weighted by molar-refractivity contribution is 5.83. The summed E-state index contributed by atoms with van der Waals surface area (Å²) in [6, 6.07) is 0. The Bertz CT molecular complexity index is 343. The molecule has 0 unspecified atom stereocenters. The van der Waals surface area contributed by atoms with E-state index in [0.717, 1.165) is 37.0 Å². The second kappa shape index (κ2) is 4.25. The predicted molar refractivity (Wildman–Crippen MR) is 67.5 cm³/mol. The number of hydrogen-bond acceptors (Lipinski definition) is 2. The van der Waals surface area contributed by atoms with Crippen LogP contribution in [0.25, 0.3) is 0 Å². The van der Waals surface area contributed by atoms with Crippen LogP contribution in [-0.2, 0) is 9.59 Å². The van der Waals surface area contributed by atoms with Crippen LogP contribution in [-0.4, -0.2) is 17.4 Å². The maximum atomic E-state index is 11.9. The highest BCUT2D eigenvalue weighted by Gasteiger charge is 2.51. The predicted octanol–water partition coefficient (Wildman–Crippen LogP) is 1.34. The zero-order chi connectivity index (χ0) is 12.8. The third-order valence-electron chi connectivity index (χ3n) is 5.04. The van der Waals surface area contributed by atoms with Gasteiger partial charge in [0.15, 0.2) is 0 Å². The monoisotopic (exact) mass is 250 g/mol. The van der Waals surface area contributed by atoms with Crippen LogP contribution in [0.5, 0.6) is 0 Å². The molecule has 4 bridgehead atoms. The topological polar surface area (TPSA) is 72.2 Å². The van der Waals surface area contributed by atoms with Crippen LogP contribution in [0.1, 0.15) is 51.4 Å². The van der Waals surface area contributed by atoms with Crippen molar-refractivity contribution in [3.05, 3.63) is 0 Å². The summed E-state index contributed by atoms with van der Waals surface area (Å²) >= 11 is 0. The van der Waals surface area contributed by atoms with Gasteiger partial charge in [0.25, 0.3) is 0 Å². The molecule has 4 heteroatoms. The van der Waals surface area contributed by atoms with E-state index in [0.29, 0.717) is 0 Å². The summed E-state index contributed by atoms with van der Waals surface area (Å²) < 4.78 is 0. The first-order valence-electron chi connectivity index (χ1n) is 7.14. The lowest BCUT2D eigenvalue weighted by atomic mass is 9.53. The molecule has 0 aliphatic heterocycles. The van der Waals surface area contributed by atoms with E-state index in [9.17, 15) is 9.59 Å². The lowest BCUT2D eigenvalue weighted by Crippen LogP contribution is -2.59. The molecule has 0 aromatic heterocycles. The third kappa shape index (κ3) is 2.25. The van der Waals surface area contributed by atoms with Crippen molar-refractivity contribution in [3.63, 3.8) is 0 Å². The third-order valence-corrected chi connectivity index (χ3v) is 5.04. The van der Waals surface area contributed by atoms with Crippen molar-refractivity contribution in [2.75, 3.05) is 0 Å². The summed E-state index contributed by atoms with van der Waals surface area (Å²) in [5, 5.41) is 3.23. The van der Waals surface area contributed by atoms with Gasteiger partial charge in [0.05, 0.1) is 0 Å². The molecule has 0 heterocycles. The fourth-order valence-corrected chi connectivity index (χ4v) is 4.86. The van der Waals surface area contributed by atoms with Crippen molar-refractivity contribution in [1.29, 1.82) is 0 Å². The van der Waals surface area contributed by atoms with Crippen LogP contribution in [0.15, 0.2) is 0 Å². The summed E-state index contributed by atoms with van der Waals surface area (Å²) in [6.45, 7) is 0. The lowest BCUT2D eigenvalue weighted by Gasteiger charge is -2.56. The molecule has 2 amide bonds.